The highest BCUT2D eigenvalue weighted by Gasteiger charge is 2.24. The number of aliphatic imine (C=N–C) groups is 1. The van der Waals surface area contributed by atoms with Crippen LogP contribution in [0.15, 0.2) is 23.2 Å². The van der Waals surface area contributed by atoms with Gasteiger partial charge >= 0.3 is 0 Å². The van der Waals surface area contributed by atoms with Crippen molar-refractivity contribution < 1.29 is 4.79 Å². The second-order valence-electron chi connectivity index (χ2n) is 5.30. The van der Waals surface area contributed by atoms with E-state index in [0.717, 1.165) is 30.8 Å². The molecule has 0 fully saturated rings. The molecule has 0 radical (unpaired) electrons. The molecule has 1 aromatic rings. The first-order valence-corrected chi connectivity index (χ1v) is 7.39. The van der Waals surface area contributed by atoms with E-state index < -0.39 is 0 Å². The molecule has 2 rings (SSSR count). The van der Waals surface area contributed by atoms with Gasteiger partial charge in [-0.25, -0.2) is 4.99 Å². The minimum atomic E-state index is -0.0129. The fourth-order valence-corrected chi connectivity index (χ4v) is 2.43. The highest BCUT2D eigenvalue weighted by Crippen LogP contribution is 2.32. The molecular weight excluding hydrogens is 274 g/mol. The summed E-state index contributed by atoms with van der Waals surface area (Å²) in [6, 6.07) is 5.87. The smallest absolute Gasteiger partial charge is 0.229 e. The largest absolute Gasteiger partial charge is 0.386 e. The number of hydrogen-bond donors (Lipinski definition) is 1. The van der Waals surface area contributed by atoms with Crippen LogP contribution in [0.2, 0.25) is 0 Å². The topological polar surface area (TPSA) is 58.7 Å². The van der Waals surface area contributed by atoms with Crippen molar-refractivity contribution in [2.75, 3.05) is 17.3 Å². The Morgan fingerprint density at radius 1 is 1.50 bits per heavy atom. The van der Waals surface area contributed by atoms with Crippen LogP contribution >= 0.6 is 11.6 Å². The minimum absolute atomic E-state index is 0.0129. The van der Waals surface area contributed by atoms with Crippen molar-refractivity contribution in [3.05, 3.63) is 23.8 Å². The maximum atomic E-state index is 12.3. The van der Waals surface area contributed by atoms with Crippen LogP contribution in [0.25, 0.3) is 0 Å². The summed E-state index contributed by atoms with van der Waals surface area (Å²) >= 11 is 5.65. The van der Waals surface area contributed by atoms with Crippen molar-refractivity contribution in [1.29, 1.82) is 0 Å². The number of amidine groups is 1. The van der Waals surface area contributed by atoms with Gasteiger partial charge in [-0.1, -0.05) is 19.9 Å². The van der Waals surface area contributed by atoms with E-state index in [2.05, 4.69) is 4.99 Å². The third kappa shape index (κ3) is 3.12. The summed E-state index contributed by atoms with van der Waals surface area (Å²) in [4.78, 5) is 18.4. The van der Waals surface area contributed by atoms with Gasteiger partial charge in [0.25, 0.3) is 0 Å². The number of carbonyl (C=O) groups excluding carboxylic acids is 1. The van der Waals surface area contributed by atoms with Gasteiger partial charge in [0.15, 0.2) is 0 Å². The molecule has 4 nitrogen and oxygen atoms in total. The van der Waals surface area contributed by atoms with Gasteiger partial charge in [-0.3, -0.25) is 4.79 Å². The Balaban J connectivity index is 2.38. The zero-order chi connectivity index (χ0) is 14.7. The molecule has 0 aromatic heterocycles. The van der Waals surface area contributed by atoms with E-state index in [4.69, 9.17) is 17.3 Å². The summed E-state index contributed by atoms with van der Waals surface area (Å²) in [5, 5.41) is 0. The number of halogens is 1. The molecule has 0 saturated carbocycles. The maximum Gasteiger partial charge on any atom is 0.229 e. The van der Waals surface area contributed by atoms with Crippen LogP contribution < -0.4 is 10.6 Å². The van der Waals surface area contributed by atoms with Crippen LogP contribution in [0.3, 0.4) is 0 Å². The quantitative estimate of drug-likeness (QED) is 0.529. The molecular formula is C15H20ClN3O. The number of rotatable bonds is 3. The molecule has 0 atom stereocenters. The van der Waals surface area contributed by atoms with Crippen molar-refractivity contribution in [2.24, 2.45) is 16.6 Å². The molecule has 1 heterocycles. The number of aryl methyl sites for hydroxylation is 1. The van der Waals surface area contributed by atoms with Crippen LogP contribution in [-0.4, -0.2) is 24.2 Å². The maximum absolute atomic E-state index is 12.3. The van der Waals surface area contributed by atoms with E-state index in [-0.39, 0.29) is 17.7 Å². The Morgan fingerprint density at radius 2 is 2.25 bits per heavy atom. The predicted octanol–water partition coefficient (Wildman–Crippen LogP) is 2.85. The summed E-state index contributed by atoms with van der Waals surface area (Å²) in [6.07, 6.45) is 1.99. The molecule has 1 aliphatic rings. The number of amides is 1. The average molecular weight is 294 g/mol. The second kappa shape index (κ2) is 6.27. The number of alkyl halides is 1. The van der Waals surface area contributed by atoms with Crippen LogP contribution in [0.5, 0.6) is 0 Å². The van der Waals surface area contributed by atoms with Gasteiger partial charge in [-0.15, -0.1) is 11.6 Å². The standard InChI is InChI=1S/C15H20ClN3O/c1-10(2)15(20)19-7-3-4-11-5-6-12(8-13(11)19)18-14(17)9-16/h5-6,8,10H,3-4,7,9H2,1-2H3,(H2,17,18). The van der Waals surface area contributed by atoms with E-state index in [0.29, 0.717) is 5.84 Å². The normalized spacial score (nSPS) is 15.4. The summed E-state index contributed by atoms with van der Waals surface area (Å²) < 4.78 is 0. The number of anilines is 1. The number of benzene rings is 1. The number of nitrogens with two attached hydrogens (primary N) is 1. The highest BCUT2D eigenvalue weighted by molar-refractivity contribution is 6.28. The van der Waals surface area contributed by atoms with Crippen LogP contribution in [0.1, 0.15) is 25.8 Å². The van der Waals surface area contributed by atoms with Crippen LogP contribution in [0.4, 0.5) is 11.4 Å². The Kier molecular flexibility index (Phi) is 4.65. The van der Waals surface area contributed by atoms with Gasteiger partial charge in [-0.05, 0) is 30.5 Å². The van der Waals surface area contributed by atoms with Gasteiger partial charge in [0.2, 0.25) is 5.91 Å². The van der Waals surface area contributed by atoms with Gasteiger partial charge in [-0.2, -0.15) is 0 Å². The molecule has 1 aliphatic heterocycles. The fourth-order valence-electron chi connectivity index (χ4n) is 2.37. The first-order valence-electron chi connectivity index (χ1n) is 6.86. The van der Waals surface area contributed by atoms with Crippen molar-refractivity contribution >= 4 is 34.7 Å². The lowest BCUT2D eigenvalue weighted by atomic mass is 9.99. The average Bonchev–Trinajstić information content (AvgIpc) is 2.45. The molecule has 1 aromatic carbocycles. The SMILES string of the molecule is CC(C)C(=O)N1CCCc2ccc(N=C(N)CCl)cc21. The number of nitrogens with zero attached hydrogens (tertiary/aromatic N) is 2. The molecule has 0 spiro atoms. The summed E-state index contributed by atoms with van der Waals surface area (Å²) in [6.45, 7) is 4.61. The monoisotopic (exact) mass is 293 g/mol. The van der Waals surface area contributed by atoms with Gasteiger partial charge < -0.3 is 10.6 Å². The molecule has 108 valence electrons. The lowest BCUT2D eigenvalue weighted by Crippen LogP contribution is -2.38. The molecule has 0 bridgehead atoms. The van der Waals surface area contributed by atoms with Gasteiger partial charge in [0, 0.05) is 18.2 Å². The van der Waals surface area contributed by atoms with E-state index in [9.17, 15) is 4.79 Å². The molecule has 5 heteroatoms. The minimum Gasteiger partial charge on any atom is -0.386 e. The van der Waals surface area contributed by atoms with Crippen LogP contribution in [0, 0.1) is 5.92 Å². The molecule has 20 heavy (non-hydrogen) atoms. The third-order valence-electron chi connectivity index (χ3n) is 3.36. The number of carbonyl (C=O) groups is 1. The Labute approximate surface area is 124 Å². The highest BCUT2D eigenvalue weighted by atomic mass is 35.5. The van der Waals surface area contributed by atoms with Crippen LogP contribution in [-0.2, 0) is 11.2 Å². The Bertz CT molecular complexity index is 540. The zero-order valence-electron chi connectivity index (χ0n) is 11.9. The van der Waals surface area contributed by atoms with E-state index >= 15 is 0 Å². The summed E-state index contributed by atoms with van der Waals surface area (Å²) in [5.41, 5.74) is 8.55. The first-order chi connectivity index (χ1) is 9.52. The third-order valence-corrected chi connectivity index (χ3v) is 3.63. The molecule has 0 saturated heterocycles. The Morgan fingerprint density at radius 3 is 2.90 bits per heavy atom. The molecule has 0 aliphatic carbocycles. The summed E-state index contributed by atoms with van der Waals surface area (Å²) in [5.74, 6) is 0.716. The van der Waals surface area contributed by atoms with E-state index in [1.807, 2.05) is 36.9 Å². The Hall–Kier alpha value is -1.55. The second-order valence-corrected chi connectivity index (χ2v) is 5.57. The van der Waals surface area contributed by atoms with Crippen molar-refractivity contribution in [3.63, 3.8) is 0 Å². The lowest BCUT2D eigenvalue weighted by molar-refractivity contribution is -0.121. The number of hydrogen-bond acceptors (Lipinski definition) is 2. The number of fused-ring (bicyclic) bond motifs is 1. The van der Waals surface area contributed by atoms with Crippen molar-refractivity contribution in [3.8, 4) is 0 Å². The lowest BCUT2D eigenvalue weighted by Gasteiger charge is -2.31. The molecule has 2 N–H and O–H groups in total. The van der Waals surface area contributed by atoms with Gasteiger partial charge in [0.05, 0.1) is 11.6 Å². The first kappa shape index (κ1) is 14.9. The van der Waals surface area contributed by atoms with E-state index in [1.165, 1.54) is 5.56 Å². The molecule has 0 unspecified atom stereocenters. The van der Waals surface area contributed by atoms with Crippen molar-refractivity contribution in [1.82, 2.24) is 0 Å². The van der Waals surface area contributed by atoms with Crippen molar-refractivity contribution in [2.45, 2.75) is 26.7 Å². The zero-order valence-corrected chi connectivity index (χ0v) is 12.7. The van der Waals surface area contributed by atoms with Gasteiger partial charge in [0.1, 0.15) is 5.84 Å². The molecule has 1 amide bonds. The predicted molar refractivity (Wildman–Crippen MR) is 84.0 cm³/mol. The summed E-state index contributed by atoms with van der Waals surface area (Å²) in [7, 11) is 0. The fraction of sp³-hybridized carbons (Fsp3) is 0.467. The van der Waals surface area contributed by atoms with E-state index in [1.54, 1.807) is 0 Å².